The fourth-order valence-corrected chi connectivity index (χ4v) is 3.23. The van der Waals surface area contributed by atoms with Crippen molar-refractivity contribution in [2.75, 3.05) is 0 Å². The van der Waals surface area contributed by atoms with E-state index < -0.39 is 18.4 Å². The summed E-state index contributed by atoms with van der Waals surface area (Å²) in [6.45, 7) is 8.91. The molecule has 29 heavy (non-hydrogen) atoms. The first-order valence-electron chi connectivity index (χ1n) is 11.7. The molecule has 4 nitrogen and oxygen atoms in total. The first kappa shape index (κ1) is 33.6. The van der Waals surface area contributed by atoms with Gasteiger partial charge in [-0.1, -0.05) is 123 Å². The van der Waals surface area contributed by atoms with Crippen molar-refractivity contribution in [1.29, 1.82) is 0 Å². The molecule has 1 atom stereocenters. The van der Waals surface area contributed by atoms with Crippen LogP contribution in [0.3, 0.4) is 0 Å². The molecule has 0 aromatic carbocycles. The number of carbonyl (C=O) groups is 2. The largest absolute Gasteiger partial charge is 1.00 e. The third-order valence-corrected chi connectivity index (χ3v) is 4.98. The van der Waals surface area contributed by atoms with Crippen molar-refractivity contribution >= 4 is 11.9 Å². The Morgan fingerprint density at radius 3 is 1.14 bits per heavy atom. The van der Waals surface area contributed by atoms with Gasteiger partial charge in [0.1, 0.15) is 6.42 Å². The van der Waals surface area contributed by atoms with Crippen LogP contribution in [-0.4, -0.2) is 22.2 Å². The zero-order chi connectivity index (χ0) is 21.5. The third kappa shape index (κ3) is 35.7. The monoisotopic (exact) mass is 422 g/mol. The van der Waals surface area contributed by atoms with Crippen LogP contribution in [0.5, 0.6) is 0 Å². The maximum atomic E-state index is 9.43. The second-order valence-corrected chi connectivity index (χ2v) is 8.00. The van der Waals surface area contributed by atoms with Crippen molar-refractivity contribution in [2.45, 2.75) is 129 Å². The third-order valence-electron chi connectivity index (χ3n) is 4.98. The molecule has 1 unspecified atom stereocenters. The van der Waals surface area contributed by atoms with Crippen molar-refractivity contribution < 1.29 is 49.4 Å². The van der Waals surface area contributed by atoms with Gasteiger partial charge in [0.2, 0.25) is 0 Å². The summed E-state index contributed by atoms with van der Waals surface area (Å²) in [5, 5.41) is 15.4. The van der Waals surface area contributed by atoms with E-state index >= 15 is 0 Å². The van der Waals surface area contributed by atoms with E-state index in [0.29, 0.717) is 0 Å². The van der Waals surface area contributed by atoms with Gasteiger partial charge in [0.05, 0.1) is 0 Å². The molecule has 0 aliphatic heterocycles. The fraction of sp³-hybridized carbons (Fsp3) is 0.875. The standard InChI is InChI=1S/C21H43.C3H4O4.Na/c1-4-6-8-10-11-12-13-14-16-18-20-21(3)19-17-15-9-7-5-2;4-2(5)1-3(6)7;/h21H,3-20H2,1-2H3;1H2,(H,4,5)(H,6,7);/q-1;;+1. The molecule has 5 heteroatoms. The Hall–Kier alpha value is -0.0600. The van der Waals surface area contributed by atoms with Crippen LogP contribution < -0.4 is 29.6 Å². The van der Waals surface area contributed by atoms with Gasteiger partial charge in [0, 0.05) is 0 Å². The number of hydrogen-bond donors (Lipinski definition) is 2. The van der Waals surface area contributed by atoms with E-state index in [0.717, 1.165) is 5.92 Å². The Morgan fingerprint density at radius 1 is 0.621 bits per heavy atom. The summed E-state index contributed by atoms with van der Waals surface area (Å²) in [7, 11) is 0. The van der Waals surface area contributed by atoms with Crippen LogP contribution in [0, 0.1) is 12.8 Å². The molecule has 2 N–H and O–H groups in total. The van der Waals surface area contributed by atoms with Crippen LogP contribution in [0.1, 0.15) is 129 Å². The van der Waals surface area contributed by atoms with Gasteiger partial charge in [-0.25, -0.2) is 0 Å². The smallest absolute Gasteiger partial charge is 0.481 e. The molecule has 0 bridgehead atoms. The molecule has 0 radical (unpaired) electrons. The summed E-state index contributed by atoms with van der Waals surface area (Å²) < 4.78 is 0. The molecule has 0 aliphatic carbocycles. The van der Waals surface area contributed by atoms with Crippen LogP contribution in [-0.2, 0) is 9.59 Å². The topological polar surface area (TPSA) is 74.6 Å². The van der Waals surface area contributed by atoms with Crippen LogP contribution in [0.4, 0.5) is 0 Å². The number of carboxylic acids is 2. The summed E-state index contributed by atoms with van der Waals surface area (Å²) >= 11 is 0. The van der Waals surface area contributed by atoms with E-state index in [2.05, 4.69) is 20.8 Å². The number of rotatable bonds is 19. The average Bonchev–Trinajstić information content (AvgIpc) is 2.62. The first-order valence-corrected chi connectivity index (χ1v) is 11.7. The van der Waals surface area contributed by atoms with Crippen molar-refractivity contribution in [3.63, 3.8) is 0 Å². The number of unbranched alkanes of at least 4 members (excludes halogenated alkanes) is 13. The van der Waals surface area contributed by atoms with Crippen molar-refractivity contribution in [3.8, 4) is 0 Å². The van der Waals surface area contributed by atoms with Gasteiger partial charge in [0.15, 0.2) is 0 Å². The van der Waals surface area contributed by atoms with Crippen molar-refractivity contribution in [3.05, 3.63) is 6.92 Å². The molecule has 0 saturated carbocycles. The predicted molar refractivity (Wildman–Crippen MR) is 119 cm³/mol. The SMILES string of the molecule is O=C(O)CC(=O)O.[CH2-]C(CCCCCCC)CCCCCCCCCCCC.[Na+]. The number of hydrogen-bond acceptors (Lipinski definition) is 2. The van der Waals surface area contributed by atoms with Gasteiger partial charge in [-0.05, 0) is 0 Å². The van der Waals surface area contributed by atoms with Gasteiger partial charge in [-0.3, -0.25) is 9.59 Å². The van der Waals surface area contributed by atoms with Crippen LogP contribution >= 0.6 is 0 Å². The van der Waals surface area contributed by atoms with E-state index in [1.54, 1.807) is 0 Å². The Balaban J connectivity index is -0.000000721. The zero-order valence-corrected chi connectivity index (χ0v) is 21.7. The second-order valence-electron chi connectivity index (χ2n) is 8.00. The molecule has 0 aromatic rings. The fourth-order valence-electron chi connectivity index (χ4n) is 3.23. The van der Waals surface area contributed by atoms with E-state index in [9.17, 15) is 9.59 Å². The molecule has 0 heterocycles. The van der Waals surface area contributed by atoms with Crippen LogP contribution in [0.15, 0.2) is 0 Å². The molecular weight excluding hydrogens is 375 g/mol. The average molecular weight is 423 g/mol. The molecule has 168 valence electrons. The van der Waals surface area contributed by atoms with Gasteiger partial charge < -0.3 is 17.1 Å². The van der Waals surface area contributed by atoms with Gasteiger partial charge in [-0.15, -0.1) is 0 Å². The van der Waals surface area contributed by atoms with Gasteiger partial charge >= 0.3 is 41.5 Å². The number of carboxylic acid groups (broad SMARTS) is 2. The molecular formula is C24H47NaO4. The van der Waals surface area contributed by atoms with E-state index in [1.807, 2.05) is 0 Å². The Morgan fingerprint density at radius 2 is 0.897 bits per heavy atom. The van der Waals surface area contributed by atoms with Crippen molar-refractivity contribution in [2.24, 2.45) is 5.92 Å². The second kappa shape index (κ2) is 27.9. The minimum absolute atomic E-state index is 0. The van der Waals surface area contributed by atoms with Crippen LogP contribution in [0.25, 0.3) is 0 Å². The normalized spacial score (nSPS) is 11.1. The van der Waals surface area contributed by atoms with Crippen LogP contribution in [0.2, 0.25) is 0 Å². The summed E-state index contributed by atoms with van der Waals surface area (Å²) in [5.41, 5.74) is 0. The molecule has 0 fully saturated rings. The Bertz CT molecular complexity index is 336. The first-order chi connectivity index (χ1) is 13.4. The van der Waals surface area contributed by atoms with Gasteiger partial charge in [-0.2, -0.15) is 5.92 Å². The zero-order valence-electron chi connectivity index (χ0n) is 19.7. The Kier molecular flexibility index (Phi) is 32.3. The van der Waals surface area contributed by atoms with E-state index in [1.165, 1.54) is 109 Å². The summed E-state index contributed by atoms with van der Waals surface area (Å²) in [5.74, 6) is -1.90. The molecule has 0 saturated heterocycles. The molecule has 0 spiro atoms. The minimum Gasteiger partial charge on any atom is -0.481 e. The van der Waals surface area contributed by atoms with Crippen molar-refractivity contribution in [1.82, 2.24) is 0 Å². The van der Waals surface area contributed by atoms with E-state index in [-0.39, 0.29) is 29.6 Å². The summed E-state index contributed by atoms with van der Waals surface area (Å²) in [4.78, 5) is 18.9. The summed E-state index contributed by atoms with van der Waals surface area (Å²) in [6, 6.07) is 0. The maximum Gasteiger partial charge on any atom is 1.00 e. The minimum atomic E-state index is -1.31. The number of aliphatic carboxylic acids is 2. The molecule has 0 amide bonds. The maximum absolute atomic E-state index is 9.43. The summed E-state index contributed by atoms with van der Waals surface area (Å²) in [6.07, 6.45) is 23.4. The van der Waals surface area contributed by atoms with Gasteiger partial charge in [0.25, 0.3) is 0 Å². The molecule has 0 aromatic heterocycles. The quantitative estimate of drug-likeness (QED) is 0.137. The predicted octanol–water partition coefficient (Wildman–Crippen LogP) is 4.66. The molecule has 0 rings (SSSR count). The molecule has 0 aliphatic rings. The van der Waals surface area contributed by atoms with E-state index in [4.69, 9.17) is 10.2 Å². The Labute approximate surface area is 202 Å².